The number of imidazole rings is 2. The average Bonchev–Trinajstić information content (AvgIpc) is 3.56. The lowest BCUT2D eigenvalue weighted by molar-refractivity contribution is 1.10. The van der Waals surface area contributed by atoms with Crippen molar-refractivity contribution in [3.05, 3.63) is 134 Å². The first-order chi connectivity index (χ1) is 18.8. The van der Waals surface area contributed by atoms with E-state index < -0.39 is 0 Å². The fraction of sp³-hybridized carbons (Fsp3) is 0. The second-order valence-corrected chi connectivity index (χ2v) is 9.59. The first-order valence-electron chi connectivity index (χ1n) is 12.8. The third-order valence-electron chi connectivity index (χ3n) is 7.32. The normalized spacial score (nSPS) is 11.7. The van der Waals surface area contributed by atoms with Crippen molar-refractivity contribution < 1.29 is 0 Å². The Hall–Kier alpha value is -5.22. The van der Waals surface area contributed by atoms with Crippen LogP contribution in [0.25, 0.3) is 66.7 Å². The Labute approximate surface area is 219 Å². The number of rotatable bonds is 3. The van der Waals surface area contributed by atoms with Gasteiger partial charge < -0.3 is 0 Å². The first-order valence-corrected chi connectivity index (χ1v) is 12.8. The SMILES string of the molecule is c1ccc(-n2c(-c3cccc(-c4ccc5nc6c7ccccc7ccn6c5c4)c3)nc3ccccc32)cc1. The number of para-hydroxylation sites is 3. The van der Waals surface area contributed by atoms with Gasteiger partial charge in [-0.1, -0.05) is 78.9 Å². The van der Waals surface area contributed by atoms with Crippen molar-refractivity contribution in [2.75, 3.05) is 0 Å². The van der Waals surface area contributed by atoms with E-state index in [1.807, 2.05) is 12.1 Å². The van der Waals surface area contributed by atoms with Crippen LogP contribution in [0.4, 0.5) is 0 Å². The van der Waals surface area contributed by atoms with E-state index in [0.717, 1.165) is 61.3 Å². The molecule has 3 heterocycles. The van der Waals surface area contributed by atoms with Gasteiger partial charge in [0.2, 0.25) is 0 Å². The minimum Gasteiger partial charge on any atom is -0.299 e. The molecule has 0 aliphatic carbocycles. The number of fused-ring (bicyclic) bond motifs is 6. The van der Waals surface area contributed by atoms with Gasteiger partial charge in [0.05, 0.1) is 22.1 Å². The molecular weight excluding hydrogens is 464 g/mol. The maximum Gasteiger partial charge on any atom is 0.145 e. The third kappa shape index (κ3) is 3.17. The molecule has 8 aromatic rings. The number of nitrogens with zero attached hydrogens (tertiary/aromatic N) is 4. The summed E-state index contributed by atoms with van der Waals surface area (Å²) in [6, 6.07) is 44.5. The van der Waals surface area contributed by atoms with E-state index >= 15 is 0 Å². The van der Waals surface area contributed by atoms with E-state index in [-0.39, 0.29) is 0 Å². The van der Waals surface area contributed by atoms with E-state index in [4.69, 9.17) is 9.97 Å². The van der Waals surface area contributed by atoms with E-state index in [1.165, 1.54) is 5.39 Å². The van der Waals surface area contributed by atoms with Crippen LogP contribution in [0.15, 0.2) is 134 Å². The summed E-state index contributed by atoms with van der Waals surface area (Å²) in [6.07, 6.45) is 2.12. The van der Waals surface area contributed by atoms with Gasteiger partial charge in [-0.3, -0.25) is 8.97 Å². The van der Waals surface area contributed by atoms with Crippen molar-refractivity contribution in [2.24, 2.45) is 0 Å². The molecule has 0 bridgehead atoms. The highest BCUT2D eigenvalue weighted by molar-refractivity contribution is 5.98. The van der Waals surface area contributed by atoms with Gasteiger partial charge in [-0.25, -0.2) is 9.97 Å². The summed E-state index contributed by atoms with van der Waals surface area (Å²) in [5.74, 6) is 0.932. The van der Waals surface area contributed by atoms with Crippen LogP contribution in [0.2, 0.25) is 0 Å². The van der Waals surface area contributed by atoms with Crippen LogP contribution in [-0.4, -0.2) is 18.9 Å². The van der Waals surface area contributed by atoms with Gasteiger partial charge in [0.1, 0.15) is 11.5 Å². The summed E-state index contributed by atoms with van der Waals surface area (Å²) in [4.78, 5) is 10.0. The molecule has 0 aliphatic heterocycles. The number of pyridine rings is 1. The van der Waals surface area contributed by atoms with Crippen LogP contribution >= 0.6 is 0 Å². The fourth-order valence-corrected chi connectivity index (χ4v) is 5.51. The molecule has 178 valence electrons. The number of hydrogen-bond acceptors (Lipinski definition) is 2. The maximum absolute atomic E-state index is 5.05. The number of hydrogen-bond donors (Lipinski definition) is 0. The van der Waals surface area contributed by atoms with Crippen molar-refractivity contribution in [3.8, 4) is 28.2 Å². The summed E-state index contributed by atoms with van der Waals surface area (Å²) < 4.78 is 4.44. The molecule has 8 rings (SSSR count). The Morgan fingerprint density at radius 1 is 0.500 bits per heavy atom. The largest absolute Gasteiger partial charge is 0.299 e. The van der Waals surface area contributed by atoms with Gasteiger partial charge in [-0.2, -0.15) is 0 Å². The lowest BCUT2D eigenvalue weighted by Gasteiger charge is -2.11. The number of benzene rings is 5. The molecule has 3 aromatic heterocycles. The van der Waals surface area contributed by atoms with Crippen molar-refractivity contribution in [2.45, 2.75) is 0 Å². The highest BCUT2D eigenvalue weighted by atomic mass is 15.1. The topological polar surface area (TPSA) is 35.1 Å². The summed E-state index contributed by atoms with van der Waals surface area (Å²) in [6.45, 7) is 0. The molecule has 4 heteroatoms. The Bertz CT molecular complexity index is 2130. The average molecular weight is 487 g/mol. The molecule has 38 heavy (non-hydrogen) atoms. The zero-order valence-electron chi connectivity index (χ0n) is 20.5. The highest BCUT2D eigenvalue weighted by Crippen LogP contribution is 2.33. The quantitative estimate of drug-likeness (QED) is 0.252. The predicted octanol–water partition coefficient (Wildman–Crippen LogP) is 8.31. The van der Waals surface area contributed by atoms with Crippen LogP contribution in [0, 0.1) is 0 Å². The van der Waals surface area contributed by atoms with Gasteiger partial charge in [-0.05, 0) is 65.0 Å². The van der Waals surface area contributed by atoms with Crippen LogP contribution in [0.5, 0.6) is 0 Å². The molecule has 0 N–H and O–H groups in total. The Morgan fingerprint density at radius 2 is 1.26 bits per heavy atom. The summed E-state index contributed by atoms with van der Waals surface area (Å²) >= 11 is 0. The summed E-state index contributed by atoms with van der Waals surface area (Å²) in [5, 5.41) is 2.36. The smallest absolute Gasteiger partial charge is 0.145 e. The minimum atomic E-state index is 0.932. The van der Waals surface area contributed by atoms with Gasteiger partial charge in [-0.15, -0.1) is 0 Å². The van der Waals surface area contributed by atoms with Crippen molar-refractivity contribution in [3.63, 3.8) is 0 Å². The molecule has 0 spiro atoms. The second kappa shape index (κ2) is 8.15. The number of aromatic nitrogens is 4. The van der Waals surface area contributed by atoms with Gasteiger partial charge in [0, 0.05) is 22.8 Å². The molecule has 0 unspecified atom stereocenters. The molecule has 0 saturated carbocycles. The van der Waals surface area contributed by atoms with E-state index in [9.17, 15) is 0 Å². The van der Waals surface area contributed by atoms with Gasteiger partial charge in [0.25, 0.3) is 0 Å². The zero-order valence-corrected chi connectivity index (χ0v) is 20.5. The molecule has 0 fully saturated rings. The molecular formula is C34H22N4. The summed E-state index contributed by atoms with van der Waals surface area (Å²) in [7, 11) is 0. The molecule has 0 aliphatic rings. The monoisotopic (exact) mass is 486 g/mol. The van der Waals surface area contributed by atoms with Gasteiger partial charge >= 0.3 is 0 Å². The van der Waals surface area contributed by atoms with Crippen molar-refractivity contribution in [1.29, 1.82) is 0 Å². The minimum absolute atomic E-state index is 0.932. The summed E-state index contributed by atoms with van der Waals surface area (Å²) in [5.41, 5.74) is 9.63. The fourth-order valence-electron chi connectivity index (χ4n) is 5.51. The third-order valence-corrected chi connectivity index (χ3v) is 7.32. The molecule has 0 saturated heterocycles. The van der Waals surface area contributed by atoms with Crippen LogP contribution < -0.4 is 0 Å². The lowest BCUT2D eigenvalue weighted by Crippen LogP contribution is -1.97. The molecule has 0 amide bonds. The maximum atomic E-state index is 5.05. The van der Waals surface area contributed by atoms with Crippen LogP contribution in [0.1, 0.15) is 0 Å². The molecule has 5 aromatic carbocycles. The van der Waals surface area contributed by atoms with E-state index in [0.29, 0.717) is 0 Å². The van der Waals surface area contributed by atoms with E-state index in [1.54, 1.807) is 0 Å². The first kappa shape index (κ1) is 20.9. The Morgan fingerprint density at radius 3 is 2.21 bits per heavy atom. The lowest BCUT2D eigenvalue weighted by atomic mass is 10.0. The predicted molar refractivity (Wildman–Crippen MR) is 156 cm³/mol. The molecule has 0 atom stereocenters. The van der Waals surface area contributed by atoms with Crippen LogP contribution in [-0.2, 0) is 0 Å². The molecule has 0 radical (unpaired) electrons. The Balaban J connectivity index is 1.30. The Kier molecular flexibility index (Phi) is 4.49. The van der Waals surface area contributed by atoms with Gasteiger partial charge in [0.15, 0.2) is 0 Å². The highest BCUT2D eigenvalue weighted by Gasteiger charge is 2.15. The standard InChI is InChI=1S/C34H22N4/c1-2-12-27(13-3-1)38-31-16-7-6-15-29(31)35-33(38)26-11-8-10-24(21-26)25-17-18-30-32(22-25)37-20-19-23-9-4-5-14-28(23)34(37)36-30/h1-22H. The molecule has 4 nitrogen and oxygen atoms in total. The zero-order chi connectivity index (χ0) is 25.1. The van der Waals surface area contributed by atoms with E-state index in [2.05, 4.69) is 130 Å². The van der Waals surface area contributed by atoms with Crippen LogP contribution in [0.3, 0.4) is 0 Å². The van der Waals surface area contributed by atoms with Crippen molar-refractivity contribution >= 4 is 38.5 Å². The second-order valence-electron chi connectivity index (χ2n) is 9.59. The van der Waals surface area contributed by atoms with Crippen molar-refractivity contribution in [1.82, 2.24) is 18.9 Å².